The van der Waals surface area contributed by atoms with Gasteiger partial charge in [-0.1, -0.05) is 24.6 Å². The van der Waals surface area contributed by atoms with Crippen molar-refractivity contribution in [3.05, 3.63) is 73.8 Å². The summed E-state index contributed by atoms with van der Waals surface area (Å²) in [4.78, 5) is 23.8. The number of ketones is 1. The largest absolute Gasteiger partial charge is 0.491 e. The third kappa shape index (κ3) is 4.39. The number of fused-ring (bicyclic) bond motifs is 1. The van der Waals surface area contributed by atoms with E-state index in [4.69, 9.17) is 20.8 Å². The molecule has 0 aliphatic carbocycles. The Morgan fingerprint density at radius 2 is 2.00 bits per heavy atom. The van der Waals surface area contributed by atoms with E-state index < -0.39 is 39.3 Å². The molecule has 1 aliphatic heterocycles. The lowest BCUT2D eigenvalue weighted by atomic mass is 9.87. The number of nitrogens with zero attached hydrogens (tertiary/aromatic N) is 2. The molecule has 0 bridgehead atoms. The van der Waals surface area contributed by atoms with E-state index in [0.717, 1.165) is 9.87 Å². The highest BCUT2D eigenvalue weighted by Crippen LogP contribution is 2.44. The second-order valence-corrected chi connectivity index (χ2v) is 10.7. The highest BCUT2D eigenvalue weighted by Gasteiger charge is 2.44. The molecule has 1 N–H and O–H groups in total. The van der Waals surface area contributed by atoms with Gasteiger partial charge >= 0.3 is 5.76 Å². The predicted molar refractivity (Wildman–Crippen MR) is 125 cm³/mol. The van der Waals surface area contributed by atoms with Crippen molar-refractivity contribution in [2.75, 3.05) is 13.2 Å². The molecule has 1 aliphatic rings. The Kier molecular flexibility index (Phi) is 6.60. The van der Waals surface area contributed by atoms with Gasteiger partial charge in [0.2, 0.25) is 15.9 Å². The molecule has 186 valence electrons. The lowest BCUT2D eigenvalue weighted by Gasteiger charge is -2.32. The van der Waals surface area contributed by atoms with Gasteiger partial charge in [0.15, 0.2) is 5.78 Å². The number of nitrogens with one attached hydrogen (secondary N) is 1. The molecule has 0 fully saturated rings. The van der Waals surface area contributed by atoms with Crippen LogP contribution in [0.2, 0.25) is 5.02 Å². The van der Waals surface area contributed by atoms with Crippen LogP contribution in [0.3, 0.4) is 0 Å². The number of aryl methyl sites for hydroxylation is 1. The Hall–Kier alpha value is -3.02. The van der Waals surface area contributed by atoms with E-state index in [0.29, 0.717) is 5.56 Å². The molecule has 0 unspecified atom stereocenters. The van der Waals surface area contributed by atoms with Gasteiger partial charge in [0.1, 0.15) is 29.1 Å². The van der Waals surface area contributed by atoms with E-state index in [1.807, 2.05) is 6.92 Å². The zero-order valence-electron chi connectivity index (χ0n) is 19.4. The standard InChI is InChI=1S/C23H23ClFN3O6S/c1-11-5-6-17(25)19(12(11)2)13(3)20(22-26-27-23(30)34-22)28-7-8-33-18-10-15(24)9-16(14(4)29)21(18)35(28,31)32/h5-6,9-10,13,20H,7-8H2,1-4H3,(H,27,30)/t13-,20+/m1/s1. The van der Waals surface area contributed by atoms with Gasteiger partial charge in [-0.2, -0.15) is 4.31 Å². The highest BCUT2D eigenvalue weighted by atomic mass is 35.5. The lowest BCUT2D eigenvalue weighted by Crippen LogP contribution is -2.39. The van der Waals surface area contributed by atoms with E-state index in [-0.39, 0.29) is 45.8 Å². The van der Waals surface area contributed by atoms with Gasteiger partial charge in [0.25, 0.3) is 0 Å². The Bertz CT molecular complexity index is 1480. The fourth-order valence-corrected chi connectivity index (χ4v) is 6.63. The summed E-state index contributed by atoms with van der Waals surface area (Å²) >= 11 is 6.10. The minimum Gasteiger partial charge on any atom is -0.491 e. The molecule has 0 radical (unpaired) electrons. The Balaban J connectivity index is 1.97. The van der Waals surface area contributed by atoms with E-state index in [1.165, 1.54) is 25.1 Å². The second kappa shape index (κ2) is 9.21. The van der Waals surface area contributed by atoms with Crippen molar-refractivity contribution < 1.29 is 26.8 Å². The van der Waals surface area contributed by atoms with E-state index in [1.54, 1.807) is 19.9 Å². The molecule has 12 heteroatoms. The van der Waals surface area contributed by atoms with Crippen molar-refractivity contribution in [1.82, 2.24) is 14.5 Å². The molecule has 0 spiro atoms. The van der Waals surface area contributed by atoms with Crippen molar-refractivity contribution in [3.63, 3.8) is 0 Å². The Labute approximate surface area is 205 Å². The van der Waals surface area contributed by atoms with Crippen LogP contribution >= 0.6 is 11.6 Å². The van der Waals surface area contributed by atoms with Crippen molar-refractivity contribution in [1.29, 1.82) is 0 Å². The van der Waals surface area contributed by atoms with Crippen LogP contribution < -0.4 is 10.5 Å². The van der Waals surface area contributed by atoms with Gasteiger partial charge in [-0.25, -0.2) is 22.7 Å². The smallest absolute Gasteiger partial charge is 0.434 e. The lowest BCUT2D eigenvalue weighted by molar-refractivity contribution is 0.101. The zero-order chi connectivity index (χ0) is 25.7. The van der Waals surface area contributed by atoms with Crippen molar-refractivity contribution >= 4 is 27.4 Å². The summed E-state index contributed by atoms with van der Waals surface area (Å²) in [5, 5.41) is 6.16. The number of H-pyrrole nitrogens is 1. The van der Waals surface area contributed by atoms with Gasteiger partial charge in [-0.15, -0.1) is 5.10 Å². The van der Waals surface area contributed by atoms with Gasteiger partial charge < -0.3 is 9.15 Å². The number of carbonyl (C=O) groups is 1. The molecule has 2 atom stereocenters. The maximum Gasteiger partial charge on any atom is 0.434 e. The van der Waals surface area contributed by atoms with Crippen molar-refractivity contribution in [2.24, 2.45) is 0 Å². The van der Waals surface area contributed by atoms with Crippen LogP contribution in [-0.4, -0.2) is 41.9 Å². The average molecular weight is 524 g/mol. The molecule has 0 amide bonds. The predicted octanol–water partition coefficient (Wildman–Crippen LogP) is 3.90. The Morgan fingerprint density at radius 1 is 1.29 bits per heavy atom. The second-order valence-electron chi connectivity index (χ2n) is 8.39. The van der Waals surface area contributed by atoms with Gasteiger partial charge in [0, 0.05) is 29.1 Å². The third-order valence-electron chi connectivity index (χ3n) is 6.21. The van der Waals surface area contributed by atoms with Crippen LogP contribution in [0.25, 0.3) is 0 Å². The molecular formula is C23H23ClFN3O6S. The summed E-state index contributed by atoms with van der Waals surface area (Å²) in [6.07, 6.45) is 0. The van der Waals surface area contributed by atoms with Gasteiger partial charge in [-0.05, 0) is 49.6 Å². The molecule has 0 saturated heterocycles. The van der Waals surface area contributed by atoms with Crippen LogP contribution in [0, 0.1) is 19.7 Å². The molecule has 1 aromatic heterocycles. The maximum absolute atomic E-state index is 15.1. The number of ether oxygens (including phenoxy) is 1. The molecule has 4 rings (SSSR count). The molecule has 2 aromatic carbocycles. The van der Waals surface area contributed by atoms with Gasteiger partial charge in [-0.3, -0.25) is 4.79 Å². The average Bonchev–Trinajstić information content (AvgIpc) is 3.15. The van der Waals surface area contributed by atoms with E-state index >= 15 is 4.39 Å². The number of rotatable bonds is 5. The number of hydrogen-bond acceptors (Lipinski definition) is 7. The van der Waals surface area contributed by atoms with Crippen LogP contribution in [0.5, 0.6) is 5.75 Å². The van der Waals surface area contributed by atoms with Gasteiger partial charge in [0.05, 0.1) is 0 Å². The fourth-order valence-electron chi connectivity index (χ4n) is 4.45. The topological polar surface area (TPSA) is 123 Å². The van der Waals surface area contributed by atoms with Crippen molar-refractivity contribution in [2.45, 2.75) is 44.6 Å². The van der Waals surface area contributed by atoms with Crippen LogP contribution in [0.1, 0.15) is 58.7 Å². The van der Waals surface area contributed by atoms with Crippen molar-refractivity contribution in [3.8, 4) is 5.75 Å². The maximum atomic E-state index is 15.1. The summed E-state index contributed by atoms with van der Waals surface area (Å²) in [5.74, 6) is -3.12. The summed E-state index contributed by atoms with van der Waals surface area (Å²) in [6.45, 7) is 6.09. The molecule has 2 heterocycles. The first-order valence-corrected chi connectivity index (χ1v) is 12.6. The third-order valence-corrected chi connectivity index (χ3v) is 8.40. The normalized spacial score (nSPS) is 17.2. The number of aromatic nitrogens is 2. The number of Topliss-reactive ketones (excluding diaryl/α,β-unsaturated/α-hetero) is 1. The molecular weight excluding hydrogens is 501 g/mol. The fraction of sp³-hybridized carbons (Fsp3) is 0.348. The van der Waals surface area contributed by atoms with E-state index in [2.05, 4.69) is 10.2 Å². The Morgan fingerprint density at radius 3 is 2.63 bits per heavy atom. The summed E-state index contributed by atoms with van der Waals surface area (Å²) in [5.41, 5.74) is 1.54. The number of hydrogen-bond donors (Lipinski definition) is 1. The molecule has 0 saturated carbocycles. The number of benzene rings is 2. The number of halogens is 2. The molecule has 35 heavy (non-hydrogen) atoms. The highest BCUT2D eigenvalue weighted by molar-refractivity contribution is 7.89. The number of sulfonamides is 1. The summed E-state index contributed by atoms with van der Waals surface area (Å²) in [7, 11) is -4.45. The van der Waals surface area contributed by atoms with Crippen LogP contribution in [0.15, 0.2) is 38.4 Å². The first kappa shape index (κ1) is 25.1. The number of aromatic amines is 1. The minimum atomic E-state index is -4.45. The number of carbonyl (C=O) groups excluding carboxylic acids is 1. The SMILES string of the molecule is CC(=O)c1cc(Cl)cc2c1S(=O)(=O)N([C@H](c1n[nH]c(=O)o1)[C@H](C)c1c(F)ccc(C)c1C)CCO2. The first-order chi connectivity index (χ1) is 16.4. The van der Waals surface area contributed by atoms with E-state index in [9.17, 15) is 18.0 Å². The summed E-state index contributed by atoms with van der Waals surface area (Å²) < 4.78 is 55.1. The minimum absolute atomic E-state index is 0.0713. The van der Waals surface area contributed by atoms with Crippen LogP contribution in [-0.2, 0) is 10.0 Å². The quantitative estimate of drug-likeness (QED) is 0.503. The molecule has 9 nitrogen and oxygen atoms in total. The summed E-state index contributed by atoms with van der Waals surface area (Å²) in [6, 6.07) is 4.27. The monoisotopic (exact) mass is 523 g/mol. The first-order valence-electron chi connectivity index (χ1n) is 10.7. The van der Waals surface area contributed by atoms with Crippen LogP contribution in [0.4, 0.5) is 4.39 Å². The molecule has 3 aromatic rings. The zero-order valence-corrected chi connectivity index (χ0v) is 21.0.